The molecular formula is C36H45NO3. The van der Waals surface area contributed by atoms with E-state index in [9.17, 15) is 9.59 Å². The first kappa shape index (κ1) is 29.6. The summed E-state index contributed by atoms with van der Waals surface area (Å²) in [5, 5.41) is 0. The normalized spacial score (nSPS) is 18.5. The average Bonchev–Trinajstić information content (AvgIpc) is 3.00. The second-order valence-electron chi connectivity index (χ2n) is 11.6. The van der Waals surface area contributed by atoms with Crippen molar-refractivity contribution in [2.45, 2.75) is 84.3 Å². The van der Waals surface area contributed by atoms with Crippen molar-refractivity contribution in [3.63, 3.8) is 0 Å². The Bertz CT molecular complexity index is 1210. The Kier molecular flexibility index (Phi) is 10.6. The molecule has 1 saturated carbocycles. The minimum Gasteiger partial charge on any atom is -0.452 e. The number of carbonyl (C=O) groups is 2. The van der Waals surface area contributed by atoms with E-state index in [0.29, 0.717) is 5.56 Å². The minimum absolute atomic E-state index is 0.0521. The zero-order valence-electron chi connectivity index (χ0n) is 24.6. The molecule has 1 aliphatic rings. The van der Waals surface area contributed by atoms with E-state index >= 15 is 0 Å². The van der Waals surface area contributed by atoms with Crippen molar-refractivity contribution < 1.29 is 14.3 Å². The molecule has 4 rings (SSSR count). The first-order valence-corrected chi connectivity index (χ1v) is 15.1. The first-order chi connectivity index (χ1) is 19.4. The summed E-state index contributed by atoms with van der Waals surface area (Å²) >= 11 is 0. The van der Waals surface area contributed by atoms with E-state index in [-0.39, 0.29) is 23.8 Å². The van der Waals surface area contributed by atoms with Gasteiger partial charge in [-0.2, -0.15) is 0 Å². The third-order valence-electron chi connectivity index (χ3n) is 8.68. The van der Waals surface area contributed by atoms with Gasteiger partial charge in [-0.25, -0.2) is 4.79 Å². The summed E-state index contributed by atoms with van der Waals surface area (Å²) < 4.78 is 6.14. The molecule has 3 aromatic carbocycles. The third kappa shape index (κ3) is 7.62. The van der Waals surface area contributed by atoms with Gasteiger partial charge in [-0.05, 0) is 74.3 Å². The Morgan fingerprint density at radius 2 is 1.45 bits per heavy atom. The minimum atomic E-state index is -0.565. The molecule has 0 saturated heterocycles. The van der Waals surface area contributed by atoms with Crippen LogP contribution in [-0.2, 0) is 9.53 Å². The maximum absolute atomic E-state index is 13.6. The lowest BCUT2D eigenvalue weighted by molar-refractivity contribution is -0.139. The highest BCUT2D eigenvalue weighted by Crippen LogP contribution is 2.34. The van der Waals surface area contributed by atoms with E-state index in [1.54, 1.807) is 0 Å². The summed E-state index contributed by atoms with van der Waals surface area (Å²) in [7, 11) is 1.86. The van der Waals surface area contributed by atoms with E-state index < -0.39 is 6.10 Å². The van der Waals surface area contributed by atoms with Gasteiger partial charge < -0.3 is 9.64 Å². The van der Waals surface area contributed by atoms with Gasteiger partial charge in [-0.15, -0.1) is 0 Å². The third-order valence-corrected chi connectivity index (χ3v) is 8.68. The maximum Gasteiger partial charge on any atom is 0.338 e. The van der Waals surface area contributed by atoms with Crippen LogP contribution in [0.15, 0.2) is 78.9 Å². The van der Waals surface area contributed by atoms with Gasteiger partial charge >= 0.3 is 5.97 Å². The number of likely N-dealkylation sites (N-methyl/N-ethyl adjacent to an activating group) is 1. The number of ether oxygens (including phenoxy) is 1. The molecule has 2 atom stereocenters. The maximum atomic E-state index is 13.6. The lowest BCUT2D eigenvalue weighted by atomic mass is 9.79. The van der Waals surface area contributed by atoms with Gasteiger partial charge in [0.05, 0.1) is 11.6 Å². The van der Waals surface area contributed by atoms with Crippen LogP contribution in [0.2, 0.25) is 0 Å². The van der Waals surface area contributed by atoms with Crippen LogP contribution < -0.4 is 0 Å². The summed E-state index contributed by atoms with van der Waals surface area (Å²) in [6.07, 6.45) is 8.76. The van der Waals surface area contributed by atoms with Crippen LogP contribution in [0, 0.1) is 18.8 Å². The number of benzene rings is 3. The number of aryl methyl sites for hydroxylation is 1. The van der Waals surface area contributed by atoms with E-state index in [0.717, 1.165) is 48.3 Å². The molecule has 3 aromatic rings. The molecule has 1 aliphatic carbocycles. The Balaban J connectivity index is 1.43. The molecule has 4 nitrogen and oxygen atoms in total. The van der Waals surface area contributed by atoms with Crippen LogP contribution in [0.1, 0.15) is 92.8 Å². The van der Waals surface area contributed by atoms with Crippen molar-refractivity contribution in [2.75, 3.05) is 7.05 Å². The zero-order valence-corrected chi connectivity index (χ0v) is 24.6. The number of esters is 1. The standard InChI is InChI=1S/C36H45NO3/c1-5-6-8-11-28-16-20-32(21-17-28)35(38)37(4)27(3)34(31-12-9-7-10-13-31)40-36(39)33-24-22-30(23-25-33)29-18-14-26(2)15-19-29/h7,9-10,12-15,18-19,22-25,27-28,32,34H,5-6,8,11,16-17,20-21H2,1-4H3/t27-,28?,32?,34-/m1/s1. The number of hydrogen-bond acceptors (Lipinski definition) is 3. The van der Waals surface area contributed by atoms with Crippen molar-refractivity contribution in [3.05, 3.63) is 95.6 Å². The fraction of sp³-hybridized carbons (Fsp3) is 0.444. The quantitative estimate of drug-likeness (QED) is 0.181. The summed E-state index contributed by atoms with van der Waals surface area (Å²) in [5.41, 5.74) is 4.76. The zero-order chi connectivity index (χ0) is 28.5. The highest BCUT2D eigenvalue weighted by Gasteiger charge is 2.34. The van der Waals surface area contributed by atoms with Crippen LogP contribution >= 0.6 is 0 Å². The molecule has 0 aromatic heterocycles. The summed E-state index contributed by atoms with van der Waals surface area (Å²) in [5.74, 6) is 0.591. The molecule has 1 fully saturated rings. The Morgan fingerprint density at radius 1 is 0.850 bits per heavy atom. The number of amides is 1. The average molecular weight is 540 g/mol. The first-order valence-electron chi connectivity index (χ1n) is 15.1. The molecule has 0 aliphatic heterocycles. The van der Waals surface area contributed by atoms with Crippen LogP contribution in [0.4, 0.5) is 0 Å². The van der Waals surface area contributed by atoms with Gasteiger partial charge in [0.2, 0.25) is 5.91 Å². The van der Waals surface area contributed by atoms with E-state index in [4.69, 9.17) is 4.74 Å². The SMILES string of the molecule is CCCCCC1CCC(C(=O)N(C)[C@H](C)[C@@H](OC(=O)c2ccc(-c3ccc(C)cc3)cc2)c2ccccc2)CC1. The molecule has 0 N–H and O–H groups in total. The van der Waals surface area contributed by atoms with E-state index in [1.165, 1.54) is 31.2 Å². The van der Waals surface area contributed by atoms with Gasteiger partial charge in [-0.3, -0.25) is 4.79 Å². The topological polar surface area (TPSA) is 46.6 Å². The number of nitrogens with zero attached hydrogens (tertiary/aromatic N) is 1. The molecule has 0 radical (unpaired) electrons. The predicted molar refractivity (Wildman–Crippen MR) is 163 cm³/mol. The van der Waals surface area contributed by atoms with Gasteiger partial charge in [0, 0.05) is 13.0 Å². The fourth-order valence-corrected chi connectivity index (χ4v) is 5.89. The van der Waals surface area contributed by atoms with Gasteiger partial charge in [0.25, 0.3) is 0 Å². The molecule has 4 heteroatoms. The van der Waals surface area contributed by atoms with Gasteiger partial charge in [0.1, 0.15) is 6.10 Å². The highest BCUT2D eigenvalue weighted by molar-refractivity contribution is 5.90. The smallest absolute Gasteiger partial charge is 0.338 e. The number of unbranched alkanes of at least 4 members (excludes halogenated alkanes) is 2. The van der Waals surface area contributed by atoms with Crippen molar-refractivity contribution in [2.24, 2.45) is 11.8 Å². The molecule has 0 unspecified atom stereocenters. The Labute approximate surface area is 240 Å². The second-order valence-corrected chi connectivity index (χ2v) is 11.6. The van der Waals surface area contributed by atoms with Crippen molar-refractivity contribution in [1.29, 1.82) is 0 Å². The van der Waals surface area contributed by atoms with Crippen molar-refractivity contribution in [1.82, 2.24) is 4.90 Å². The number of hydrogen-bond donors (Lipinski definition) is 0. The predicted octanol–water partition coefficient (Wildman–Crippen LogP) is 8.79. The lowest BCUT2D eigenvalue weighted by Gasteiger charge is -2.36. The number of rotatable bonds is 11. The van der Waals surface area contributed by atoms with Crippen LogP contribution in [0.25, 0.3) is 11.1 Å². The number of carbonyl (C=O) groups excluding carboxylic acids is 2. The lowest BCUT2D eigenvalue weighted by Crippen LogP contribution is -2.44. The van der Waals surface area contributed by atoms with Gasteiger partial charge in [-0.1, -0.05) is 105 Å². The van der Waals surface area contributed by atoms with E-state index in [1.807, 2.05) is 73.5 Å². The van der Waals surface area contributed by atoms with Gasteiger partial charge in [0.15, 0.2) is 0 Å². The summed E-state index contributed by atoms with van der Waals surface area (Å²) in [6, 6.07) is 25.4. The molecule has 0 spiro atoms. The molecule has 0 bridgehead atoms. The van der Waals surface area contributed by atoms with Crippen molar-refractivity contribution >= 4 is 11.9 Å². The van der Waals surface area contributed by atoms with Crippen LogP contribution in [0.3, 0.4) is 0 Å². The molecule has 40 heavy (non-hydrogen) atoms. The highest BCUT2D eigenvalue weighted by atomic mass is 16.5. The van der Waals surface area contributed by atoms with Crippen molar-refractivity contribution in [3.8, 4) is 11.1 Å². The summed E-state index contributed by atoms with van der Waals surface area (Å²) in [4.78, 5) is 28.7. The second kappa shape index (κ2) is 14.3. The monoisotopic (exact) mass is 539 g/mol. The molecule has 212 valence electrons. The molecular weight excluding hydrogens is 494 g/mol. The molecule has 0 heterocycles. The molecule has 1 amide bonds. The Hall–Kier alpha value is -3.40. The van der Waals surface area contributed by atoms with Crippen LogP contribution in [-0.4, -0.2) is 29.9 Å². The Morgan fingerprint density at radius 3 is 2.05 bits per heavy atom. The van der Waals surface area contributed by atoms with Crippen LogP contribution in [0.5, 0.6) is 0 Å². The largest absolute Gasteiger partial charge is 0.452 e. The summed E-state index contributed by atoms with van der Waals surface area (Å²) in [6.45, 7) is 6.30. The fourth-order valence-electron chi connectivity index (χ4n) is 5.89. The van der Waals surface area contributed by atoms with E-state index in [2.05, 4.69) is 38.1 Å².